The first-order valence-electron chi connectivity index (χ1n) is 7.66. The van der Waals surface area contributed by atoms with Crippen molar-refractivity contribution in [3.05, 3.63) is 47.9 Å². The second-order valence-corrected chi connectivity index (χ2v) is 5.42. The normalized spacial score (nSPS) is 17.0. The molecule has 0 spiro atoms. The molecule has 1 atom stereocenters. The molecule has 1 aliphatic rings. The van der Waals surface area contributed by atoms with Crippen molar-refractivity contribution >= 4 is 5.91 Å². The van der Waals surface area contributed by atoms with Gasteiger partial charge in [-0.25, -0.2) is 4.98 Å². The lowest BCUT2D eigenvalue weighted by Crippen LogP contribution is -2.33. The van der Waals surface area contributed by atoms with E-state index in [2.05, 4.69) is 15.3 Å². The zero-order chi connectivity index (χ0) is 16.1. The molecule has 1 N–H and O–H groups in total. The van der Waals surface area contributed by atoms with E-state index in [1.54, 1.807) is 12.4 Å². The minimum absolute atomic E-state index is 0.0886. The highest BCUT2D eigenvalue weighted by Gasteiger charge is 2.23. The van der Waals surface area contributed by atoms with Crippen molar-refractivity contribution in [2.45, 2.75) is 32.4 Å². The van der Waals surface area contributed by atoms with E-state index in [0.717, 1.165) is 24.1 Å². The third kappa shape index (κ3) is 4.04. The van der Waals surface area contributed by atoms with Gasteiger partial charge in [0.1, 0.15) is 11.9 Å². The van der Waals surface area contributed by atoms with Crippen molar-refractivity contribution in [1.82, 2.24) is 15.3 Å². The minimum atomic E-state index is -0.336. The van der Waals surface area contributed by atoms with Gasteiger partial charge in [0.05, 0.1) is 6.20 Å². The molecule has 2 aromatic heterocycles. The average Bonchev–Trinajstić information content (AvgIpc) is 3.10. The van der Waals surface area contributed by atoms with Gasteiger partial charge in [-0.2, -0.15) is 0 Å². The number of rotatable bonds is 5. The summed E-state index contributed by atoms with van der Waals surface area (Å²) in [5.74, 6) is 0.987. The van der Waals surface area contributed by atoms with Crippen LogP contribution in [-0.4, -0.2) is 28.6 Å². The Hall–Kier alpha value is -2.47. The summed E-state index contributed by atoms with van der Waals surface area (Å²) in [5.41, 5.74) is 1.72. The number of aromatic nitrogens is 2. The van der Waals surface area contributed by atoms with Crippen molar-refractivity contribution in [2.24, 2.45) is 0 Å². The first-order chi connectivity index (χ1) is 11.2. The van der Waals surface area contributed by atoms with Crippen LogP contribution in [-0.2, 0) is 16.1 Å². The summed E-state index contributed by atoms with van der Waals surface area (Å²) in [6.07, 6.45) is 4.68. The lowest BCUT2D eigenvalue weighted by molar-refractivity contribution is -0.130. The average molecular weight is 313 g/mol. The van der Waals surface area contributed by atoms with Gasteiger partial charge in [0.2, 0.25) is 11.8 Å². The number of pyridine rings is 2. The lowest BCUT2D eigenvalue weighted by Gasteiger charge is -2.13. The molecule has 3 heterocycles. The fourth-order valence-corrected chi connectivity index (χ4v) is 2.36. The number of nitrogens with zero attached hydrogens (tertiary/aromatic N) is 2. The van der Waals surface area contributed by atoms with E-state index in [4.69, 9.17) is 9.47 Å². The Bertz CT molecular complexity index is 667. The molecule has 0 saturated carbocycles. The Balaban J connectivity index is 1.65. The van der Waals surface area contributed by atoms with Crippen molar-refractivity contribution in [3.63, 3.8) is 0 Å². The molecule has 6 nitrogen and oxygen atoms in total. The topological polar surface area (TPSA) is 73.3 Å². The van der Waals surface area contributed by atoms with Crippen LogP contribution in [0.15, 0.2) is 36.7 Å². The Labute approximate surface area is 134 Å². The number of nitrogens with one attached hydrogen (secondary N) is 1. The lowest BCUT2D eigenvalue weighted by atomic mass is 10.2. The molecule has 1 amide bonds. The smallest absolute Gasteiger partial charge is 0.249 e. The van der Waals surface area contributed by atoms with Crippen molar-refractivity contribution < 1.29 is 14.3 Å². The Morgan fingerprint density at radius 3 is 3.04 bits per heavy atom. The maximum atomic E-state index is 12.0. The van der Waals surface area contributed by atoms with Gasteiger partial charge in [0, 0.05) is 30.6 Å². The third-order valence-electron chi connectivity index (χ3n) is 3.62. The number of carbonyl (C=O) groups is 1. The summed E-state index contributed by atoms with van der Waals surface area (Å²) in [7, 11) is 0. The molecule has 120 valence electrons. The second-order valence-electron chi connectivity index (χ2n) is 5.42. The maximum absolute atomic E-state index is 12.0. The van der Waals surface area contributed by atoms with Gasteiger partial charge in [0.25, 0.3) is 0 Å². The van der Waals surface area contributed by atoms with Crippen molar-refractivity contribution in [2.75, 3.05) is 6.61 Å². The van der Waals surface area contributed by atoms with E-state index in [-0.39, 0.29) is 12.0 Å². The van der Waals surface area contributed by atoms with Crippen molar-refractivity contribution in [1.29, 1.82) is 0 Å². The van der Waals surface area contributed by atoms with Crippen LogP contribution < -0.4 is 10.1 Å². The Morgan fingerprint density at radius 2 is 2.30 bits per heavy atom. The van der Waals surface area contributed by atoms with Gasteiger partial charge in [-0.05, 0) is 38.0 Å². The van der Waals surface area contributed by atoms with E-state index < -0.39 is 0 Å². The molecule has 0 bridgehead atoms. The molecule has 3 rings (SSSR count). The van der Waals surface area contributed by atoms with Crippen LogP contribution in [0.5, 0.6) is 11.6 Å². The van der Waals surface area contributed by atoms with Crippen LogP contribution in [0, 0.1) is 6.92 Å². The predicted molar refractivity (Wildman–Crippen MR) is 84.1 cm³/mol. The van der Waals surface area contributed by atoms with Crippen LogP contribution in [0.2, 0.25) is 0 Å². The van der Waals surface area contributed by atoms with E-state index in [1.165, 1.54) is 0 Å². The number of amides is 1. The fourth-order valence-electron chi connectivity index (χ4n) is 2.36. The van der Waals surface area contributed by atoms with Gasteiger partial charge >= 0.3 is 0 Å². The summed E-state index contributed by atoms with van der Waals surface area (Å²) in [6, 6.07) is 7.40. The summed E-state index contributed by atoms with van der Waals surface area (Å²) < 4.78 is 11.1. The van der Waals surface area contributed by atoms with E-state index >= 15 is 0 Å². The molecule has 0 aromatic carbocycles. The number of hydrogen-bond acceptors (Lipinski definition) is 5. The molecule has 1 saturated heterocycles. The number of ether oxygens (including phenoxy) is 2. The first-order valence-corrected chi connectivity index (χ1v) is 7.66. The van der Waals surface area contributed by atoms with E-state index in [9.17, 15) is 4.79 Å². The molecular formula is C17H19N3O3. The minimum Gasteiger partial charge on any atom is -0.437 e. The van der Waals surface area contributed by atoms with Gasteiger partial charge in [0.15, 0.2) is 0 Å². The Morgan fingerprint density at radius 1 is 1.39 bits per heavy atom. The molecule has 0 unspecified atom stereocenters. The summed E-state index contributed by atoms with van der Waals surface area (Å²) in [5, 5.41) is 2.88. The first kappa shape index (κ1) is 15.4. The van der Waals surface area contributed by atoms with Gasteiger partial charge in [-0.1, -0.05) is 6.07 Å². The number of carbonyl (C=O) groups excluding carboxylic acids is 1. The van der Waals surface area contributed by atoms with Crippen molar-refractivity contribution in [3.8, 4) is 11.6 Å². The van der Waals surface area contributed by atoms with E-state index in [1.807, 2.05) is 31.2 Å². The second kappa shape index (κ2) is 7.19. The van der Waals surface area contributed by atoms with Gasteiger partial charge in [-0.3, -0.25) is 9.78 Å². The molecule has 1 fully saturated rings. The standard InChI is InChI=1S/C17H19N3O3/c1-12-6-7-14(11-19-12)23-17-13(4-2-8-18-17)10-20-16(21)15-5-3-9-22-15/h2,4,6-8,11,15H,3,5,9-10H2,1H3,(H,20,21)/t15-/m0/s1. The predicted octanol–water partition coefficient (Wildman–Crippen LogP) is 2.37. The highest BCUT2D eigenvalue weighted by molar-refractivity contribution is 5.80. The van der Waals surface area contributed by atoms with Crippen LogP contribution in [0.3, 0.4) is 0 Å². The van der Waals surface area contributed by atoms with Crippen LogP contribution >= 0.6 is 0 Å². The monoisotopic (exact) mass is 313 g/mol. The number of hydrogen-bond donors (Lipinski definition) is 1. The zero-order valence-electron chi connectivity index (χ0n) is 13.0. The van der Waals surface area contributed by atoms with E-state index in [0.29, 0.717) is 24.8 Å². The van der Waals surface area contributed by atoms with Crippen LogP contribution in [0.1, 0.15) is 24.1 Å². The highest BCUT2D eigenvalue weighted by Crippen LogP contribution is 2.22. The fraction of sp³-hybridized carbons (Fsp3) is 0.353. The van der Waals surface area contributed by atoms with Gasteiger partial charge < -0.3 is 14.8 Å². The largest absolute Gasteiger partial charge is 0.437 e. The maximum Gasteiger partial charge on any atom is 0.249 e. The molecule has 23 heavy (non-hydrogen) atoms. The summed E-state index contributed by atoms with van der Waals surface area (Å²) in [4.78, 5) is 20.5. The van der Waals surface area contributed by atoms with Gasteiger partial charge in [-0.15, -0.1) is 0 Å². The Kier molecular flexibility index (Phi) is 4.83. The number of aryl methyl sites for hydroxylation is 1. The highest BCUT2D eigenvalue weighted by atomic mass is 16.5. The summed E-state index contributed by atoms with van der Waals surface area (Å²) >= 11 is 0. The zero-order valence-corrected chi connectivity index (χ0v) is 13.0. The molecule has 0 aliphatic carbocycles. The molecule has 2 aromatic rings. The molecular weight excluding hydrogens is 294 g/mol. The quantitative estimate of drug-likeness (QED) is 0.917. The molecule has 6 heteroatoms. The van der Waals surface area contributed by atoms with Crippen LogP contribution in [0.25, 0.3) is 0 Å². The molecule has 1 aliphatic heterocycles. The third-order valence-corrected chi connectivity index (χ3v) is 3.62. The SMILES string of the molecule is Cc1ccc(Oc2ncccc2CNC(=O)[C@@H]2CCCO2)cn1. The molecule has 0 radical (unpaired) electrons. The summed E-state index contributed by atoms with van der Waals surface area (Å²) in [6.45, 7) is 2.91. The van der Waals surface area contributed by atoms with Crippen LogP contribution in [0.4, 0.5) is 0 Å².